The van der Waals surface area contributed by atoms with Crippen LogP contribution in [0.2, 0.25) is 0 Å². The van der Waals surface area contributed by atoms with Crippen LogP contribution in [0.15, 0.2) is 16.7 Å². The molecule has 0 amide bonds. The van der Waals surface area contributed by atoms with Gasteiger partial charge in [0.1, 0.15) is 0 Å². The normalized spacial score (nSPS) is 12.1. The zero-order chi connectivity index (χ0) is 10.6. The van der Waals surface area contributed by atoms with Crippen LogP contribution < -0.4 is 5.32 Å². The number of allylic oxidation sites excluding steroid dienone is 1. The predicted octanol–water partition coefficient (Wildman–Crippen LogP) is 2.20. The van der Waals surface area contributed by atoms with Gasteiger partial charge in [-0.25, -0.2) is 0 Å². The van der Waals surface area contributed by atoms with E-state index in [1.807, 2.05) is 25.0 Å². The van der Waals surface area contributed by atoms with Crippen LogP contribution in [0, 0.1) is 0 Å². The van der Waals surface area contributed by atoms with Crippen molar-refractivity contribution in [2.75, 3.05) is 13.6 Å². The fourth-order valence-electron chi connectivity index (χ4n) is 1.38. The lowest BCUT2D eigenvalue weighted by Crippen LogP contribution is -2.06. The number of hydrogen-bond donors (Lipinski definition) is 1. The lowest BCUT2D eigenvalue weighted by Gasteiger charge is -2.03. The molecule has 78 valence electrons. The number of aromatic nitrogens is 2. The largest absolute Gasteiger partial charge is 0.319 e. The highest BCUT2D eigenvalue weighted by molar-refractivity contribution is 9.10. The monoisotopic (exact) mass is 257 g/mol. The van der Waals surface area contributed by atoms with Gasteiger partial charge in [0.15, 0.2) is 0 Å². The van der Waals surface area contributed by atoms with E-state index in [2.05, 4.69) is 39.3 Å². The highest BCUT2D eigenvalue weighted by atomic mass is 79.9. The standard InChI is InChI=1S/C10H16BrN3/c1-8(5-4-6-12-2)10-9(11)7-13-14(10)3/h5,7,12H,4,6H2,1-3H3/b8-5-. The van der Waals surface area contributed by atoms with Crippen LogP contribution in [0.3, 0.4) is 0 Å². The summed E-state index contributed by atoms with van der Waals surface area (Å²) in [5.41, 5.74) is 2.41. The summed E-state index contributed by atoms with van der Waals surface area (Å²) < 4.78 is 2.94. The number of halogens is 1. The molecule has 0 spiro atoms. The summed E-state index contributed by atoms with van der Waals surface area (Å²) in [6.45, 7) is 3.12. The highest BCUT2D eigenvalue weighted by Gasteiger charge is 2.06. The Bertz CT molecular complexity index is 309. The van der Waals surface area contributed by atoms with E-state index in [9.17, 15) is 0 Å². The summed E-state index contributed by atoms with van der Waals surface area (Å²) in [5, 5.41) is 7.30. The number of nitrogens with one attached hydrogen (secondary N) is 1. The molecule has 1 rings (SSSR count). The summed E-state index contributed by atoms with van der Waals surface area (Å²) in [6, 6.07) is 0. The van der Waals surface area contributed by atoms with Gasteiger partial charge in [-0.2, -0.15) is 5.10 Å². The van der Waals surface area contributed by atoms with E-state index in [-0.39, 0.29) is 0 Å². The van der Waals surface area contributed by atoms with Crippen LogP contribution in [0.25, 0.3) is 5.57 Å². The Hall–Kier alpha value is -0.610. The molecular formula is C10H16BrN3. The van der Waals surface area contributed by atoms with Crippen LogP contribution in [0.4, 0.5) is 0 Å². The molecule has 1 aromatic heterocycles. The second kappa shape index (κ2) is 5.32. The first-order chi connectivity index (χ1) is 6.66. The van der Waals surface area contributed by atoms with Crippen molar-refractivity contribution in [1.82, 2.24) is 15.1 Å². The molecule has 1 aromatic rings. The molecule has 4 heteroatoms. The molecule has 0 unspecified atom stereocenters. The van der Waals surface area contributed by atoms with Crippen LogP contribution in [-0.4, -0.2) is 23.4 Å². The van der Waals surface area contributed by atoms with Gasteiger partial charge in [0, 0.05) is 7.05 Å². The molecule has 0 fully saturated rings. The van der Waals surface area contributed by atoms with Crippen molar-refractivity contribution in [2.45, 2.75) is 13.3 Å². The first kappa shape index (κ1) is 11.5. The number of hydrogen-bond acceptors (Lipinski definition) is 2. The van der Waals surface area contributed by atoms with Crippen LogP contribution in [0.1, 0.15) is 19.0 Å². The number of aryl methyl sites for hydroxylation is 1. The Morgan fingerprint density at radius 2 is 2.43 bits per heavy atom. The molecule has 14 heavy (non-hydrogen) atoms. The van der Waals surface area contributed by atoms with Gasteiger partial charge >= 0.3 is 0 Å². The van der Waals surface area contributed by atoms with Crippen LogP contribution >= 0.6 is 15.9 Å². The Kier molecular flexibility index (Phi) is 4.35. The third kappa shape index (κ3) is 2.69. The van der Waals surface area contributed by atoms with Gasteiger partial charge in [-0.3, -0.25) is 4.68 Å². The van der Waals surface area contributed by atoms with E-state index in [0.29, 0.717) is 0 Å². The topological polar surface area (TPSA) is 29.9 Å². The molecule has 0 atom stereocenters. The SMILES string of the molecule is CNCC/C=C(/C)c1c(Br)cnn1C. The van der Waals surface area contributed by atoms with E-state index in [4.69, 9.17) is 0 Å². The van der Waals surface area contributed by atoms with E-state index in [1.54, 1.807) is 0 Å². The molecule has 1 N–H and O–H groups in total. The molecule has 1 heterocycles. The fraction of sp³-hybridized carbons (Fsp3) is 0.500. The van der Waals surface area contributed by atoms with Gasteiger partial charge in [0.05, 0.1) is 16.4 Å². The van der Waals surface area contributed by atoms with Gasteiger partial charge in [-0.15, -0.1) is 0 Å². The van der Waals surface area contributed by atoms with Gasteiger partial charge in [-0.1, -0.05) is 6.08 Å². The molecule has 0 bridgehead atoms. The highest BCUT2D eigenvalue weighted by Crippen LogP contribution is 2.23. The zero-order valence-corrected chi connectivity index (χ0v) is 10.4. The third-order valence-corrected chi connectivity index (χ3v) is 2.69. The lowest BCUT2D eigenvalue weighted by atomic mass is 10.2. The van der Waals surface area contributed by atoms with Crippen molar-refractivity contribution in [1.29, 1.82) is 0 Å². The summed E-state index contributed by atoms with van der Waals surface area (Å²) in [6.07, 6.45) is 5.09. The van der Waals surface area contributed by atoms with Crippen molar-refractivity contribution >= 4 is 21.5 Å². The third-order valence-electron chi connectivity index (χ3n) is 2.11. The van der Waals surface area contributed by atoms with Crippen LogP contribution in [0.5, 0.6) is 0 Å². The lowest BCUT2D eigenvalue weighted by molar-refractivity contribution is 0.753. The summed E-state index contributed by atoms with van der Waals surface area (Å²) in [5.74, 6) is 0. The van der Waals surface area contributed by atoms with Gasteiger partial charge in [0.25, 0.3) is 0 Å². The molecule has 0 aromatic carbocycles. The minimum Gasteiger partial charge on any atom is -0.319 e. The number of rotatable bonds is 4. The van der Waals surface area contributed by atoms with Gasteiger partial charge in [-0.05, 0) is 48.4 Å². The van der Waals surface area contributed by atoms with E-state index < -0.39 is 0 Å². The van der Waals surface area contributed by atoms with Crippen molar-refractivity contribution in [3.05, 3.63) is 22.4 Å². The predicted molar refractivity (Wildman–Crippen MR) is 63.1 cm³/mol. The maximum atomic E-state index is 4.18. The van der Waals surface area contributed by atoms with Crippen molar-refractivity contribution in [2.24, 2.45) is 7.05 Å². The summed E-state index contributed by atoms with van der Waals surface area (Å²) >= 11 is 3.49. The Labute approximate surface area is 93.3 Å². The number of nitrogens with zero attached hydrogens (tertiary/aromatic N) is 2. The van der Waals surface area contributed by atoms with Crippen molar-refractivity contribution < 1.29 is 0 Å². The van der Waals surface area contributed by atoms with Crippen molar-refractivity contribution in [3.63, 3.8) is 0 Å². The Morgan fingerprint density at radius 1 is 1.71 bits per heavy atom. The second-order valence-electron chi connectivity index (χ2n) is 3.24. The minimum atomic E-state index is 1.01. The maximum absolute atomic E-state index is 4.18. The average molecular weight is 258 g/mol. The average Bonchev–Trinajstić information content (AvgIpc) is 2.46. The molecule has 0 aliphatic carbocycles. The second-order valence-corrected chi connectivity index (χ2v) is 4.10. The maximum Gasteiger partial charge on any atom is 0.0774 e. The summed E-state index contributed by atoms with van der Waals surface area (Å²) in [7, 11) is 3.92. The van der Waals surface area contributed by atoms with E-state index in [1.165, 1.54) is 5.57 Å². The molecule has 3 nitrogen and oxygen atoms in total. The zero-order valence-electron chi connectivity index (χ0n) is 8.84. The smallest absolute Gasteiger partial charge is 0.0774 e. The van der Waals surface area contributed by atoms with E-state index >= 15 is 0 Å². The van der Waals surface area contributed by atoms with Crippen LogP contribution in [-0.2, 0) is 7.05 Å². The van der Waals surface area contributed by atoms with E-state index in [0.717, 1.165) is 23.1 Å². The molecule has 0 saturated heterocycles. The van der Waals surface area contributed by atoms with Gasteiger partial charge in [0.2, 0.25) is 0 Å². The first-order valence-corrected chi connectivity index (χ1v) is 5.45. The molecule has 0 aliphatic rings. The molecule has 0 aliphatic heterocycles. The Balaban J connectivity index is 2.77. The minimum absolute atomic E-state index is 1.01. The summed E-state index contributed by atoms with van der Waals surface area (Å²) in [4.78, 5) is 0. The Morgan fingerprint density at radius 3 is 2.93 bits per heavy atom. The molecule has 0 saturated carbocycles. The molecule has 0 radical (unpaired) electrons. The molecular weight excluding hydrogens is 242 g/mol. The van der Waals surface area contributed by atoms with Gasteiger partial charge < -0.3 is 5.32 Å². The fourth-order valence-corrected chi connectivity index (χ4v) is 2.04. The van der Waals surface area contributed by atoms with Crippen molar-refractivity contribution in [3.8, 4) is 0 Å². The first-order valence-electron chi connectivity index (χ1n) is 4.66. The quantitative estimate of drug-likeness (QED) is 0.839.